The molecule has 2 rings (SSSR count). The van der Waals surface area contributed by atoms with Crippen molar-refractivity contribution in [3.8, 4) is 6.07 Å². The number of para-hydroxylation sites is 1. The van der Waals surface area contributed by atoms with E-state index in [1.54, 1.807) is 18.3 Å². The average Bonchev–Trinajstić information content (AvgIpc) is 2.46. The van der Waals surface area contributed by atoms with Crippen molar-refractivity contribution in [2.45, 2.75) is 6.61 Å². The maximum absolute atomic E-state index is 9.31. The number of aliphatic hydroxyl groups is 1. The Morgan fingerprint density at radius 1 is 1.28 bits per heavy atom. The van der Waals surface area contributed by atoms with Crippen molar-refractivity contribution in [1.29, 1.82) is 5.26 Å². The highest BCUT2D eigenvalue weighted by molar-refractivity contribution is 5.68. The molecule has 0 aliphatic heterocycles. The number of hydrogen-bond acceptors (Lipinski definition) is 4. The molecule has 0 aliphatic carbocycles. The molecule has 0 saturated heterocycles. The maximum Gasteiger partial charge on any atom is 0.138 e. The lowest BCUT2D eigenvalue weighted by Gasteiger charge is -2.21. The molecule has 90 valence electrons. The van der Waals surface area contributed by atoms with Gasteiger partial charge in [-0.15, -0.1) is 0 Å². The third-order valence-electron chi connectivity index (χ3n) is 2.74. The highest BCUT2D eigenvalue weighted by Crippen LogP contribution is 2.27. The third kappa shape index (κ3) is 2.17. The summed E-state index contributed by atoms with van der Waals surface area (Å²) in [5.74, 6) is 0.655. The Bertz CT molecular complexity index is 590. The van der Waals surface area contributed by atoms with Crippen LogP contribution in [0.4, 0.5) is 11.5 Å². The van der Waals surface area contributed by atoms with Crippen LogP contribution in [0, 0.1) is 11.3 Å². The molecule has 0 bridgehead atoms. The number of rotatable bonds is 3. The van der Waals surface area contributed by atoms with Crippen molar-refractivity contribution in [2.24, 2.45) is 0 Å². The summed E-state index contributed by atoms with van der Waals surface area (Å²) in [5.41, 5.74) is 2.08. The Morgan fingerprint density at radius 3 is 2.78 bits per heavy atom. The minimum atomic E-state index is -0.0811. The van der Waals surface area contributed by atoms with Crippen molar-refractivity contribution in [3.05, 3.63) is 53.7 Å². The summed E-state index contributed by atoms with van der Waals surface area (Å²) in [5, 5.41) is 18.4. The molecule has 1 heterocycles. The predicted molar refractivity (Wildman–Crippen MR) is 69.4 cm³/mol. The number of anilines is 2. The SMILES string of the molecule is CN(c1ccccc1C#N)c1ncccc1CO. The van der Waals surface area contributed by atoms with Crippen LogP contribution in [0.15, 0.2) is 42.6 Å². The zero-order chi connectivity index (χ0) is 13.0. The Labute approximate surface area is 106 Å². The summed E-state index contributed by atoms with van der Waals surface area (Å²) < 4.78 is 0. The lowest BCUT2D eigenvalue weighted by atomic mass is 10.1. The smallest absolute Gasteiger partial charge is 0.138 e. The van der Waals surface area contributed by atoms with Crippen LogP contribution in [-0.4, -0.2) is 17.1 Å². The lowest BCUT2D eigenvalue weighted by molar-refractivity contribution is 0.282. The molecule has 0 spiro atoms. The second kappa shape index (κ2) is 5.30. The van der Waals surface area contributed by atoms with Crippen molar-refractivity contribution in [2.75, 3.05) is 11.9 Å². The monoisotopic (exact) mass is 239 g/mol. The van der Waals surface area contributed by atoms with E-state index in [2.05, 4.69) is 11.1 Å². The van der Waals surface area contributed by atoms with Gasteiger partial charge in [-0.3, -0.25) is 0 Å². The highest BCUT2D eigenvalue weighted by atomic mass is 16.3. The van der Waals surface area contributed by atoms with Gasteiger partial charge in [0.1, 0.15) is 11.9 Å². The zero-order valence-electron chi connectivity index (χ0n) is 10.0. The first-order valence-electron chi connectivity index (χ1n) is 5.55. The van der Waals surface area contributed by atoms with Gasteiger partial charge in [-0.25, -0.2) is 4.98 Å². The molecule has 1 aromatic carbocycles. The van der Waals surface area contributed by atoms with Crippen LogP contribution in [0.25, 0.3) is 0 Å². The van der Waals surface area contributed by atoms with Gasteiger partial charge in [-0.2, -0.15) is 5.26 Å². The van der Waals surface area contributed by atoms with E-state index in [1.807, 2.05) is 36.2 Å². The molecule has 18 heavy (non-hydrogen) atoms. The van der Waals surface area contributed by atoms with Crippen molar-refractivity contribution in [1.82, 2.24) is 4.98 Å². The number of pyridine rings is 1. The Kier molecular flexibility index (Phi) is 3.56. The second-order valence-electron chi connectivity index (χ2n) is 3.83. The number of benzene rings is 1. The largest absolute Gasteiger partial charge is 0.392 e. The standard InChI is InChI=1S/C14H13N3O/c1-17(13-7-3-2-5-11(13)9-15)14-12(10-18)6-4-8-16-14/h2-8,18H,10H2,1H3. The fourth-order valence-electron chi connectivity index (χ4n) is 1.83. The molecule has 0 unspecified atom stereocenters. The fourth-order valence-corrected chi connectivity index (χ4v) is 1.83. The van der Waals surface area contributed by atoms with Crippen LogP contribution in [0.3, 0.4) is 0 Å². The van der Waals surface area contributed by atoms with Gasteiger partial charge >= 0.3 is 0 Å². The lowest BCUT2D eigenvalue weighted by Crippen LogP contribution is -2.14. The number of nitrogens with zero attached hydrogens (tertiary/aromatic N) is 3. The first-order valence-corrected chi connectivity index (χ1v) is 5.55. The number of aliphatic hydroxyl groups excluding tert-OH is 1. The van der Waals surface area contributed by atoms with E-state index in [4.69, 9.17) is 5.26 Å². The molecule has 1 aromatic heterocycles. The van der Waals surface area contributed by atoms with Crippen LogP contribution >= 0.6 is 0 Å². The van der Waals surface area contributed by atoms with E-state index >= 15 is 0 Å². The molecule has 4 heteroatoms. The van der Waals surface area contributed by atoms with Gasteiger partial charge in [0, 0.05) is 18.8 Å². The molecular formula is C14H13N3O. The van der Waals surface area contributed by atoms with Crippen LogP contribution in [-0.2, 0) is 6.61 Å². The molecule has 2 aromatic rings. The van der Waals surface area contributed by atoms with Crippen LogP contribution < -0.4 is 4.90 Å². The third-order valence-corrected chi connectivity index (χ3v) is 2.74. The fraction of sp³-hybridized carbons (Fsp3) is 0.143. The van der Waals surface area contributed by atoms with E-state index in [0.717, 1.165) is 11.3 Å². The summed E-state index contributed by atoms with van der Waals surface area (Å²) in [7, 11) is 1.83. The van der Waals surface area contributed by atoms with Gasteiger partial charge in [0.25, 0.3) is 0 Å². The Morgan fingerprint density at radius 2 is 2.06 bits per heavy atom. The average molecular weight is 239 g/mol. The summed E-state index contributed by atoms with van der Waals surface area (Å²) in [6.45, 7) is -0.0811. The van der Waals surface area contributed by atoms with Crippen molar-refractivity contribution >= 4 is 11.5 Å². The zero-order valence-corrected chi connectivity index (χ0v) is 10.0. The van der Waals surface area contributed by atoms with E-state index in [0.29, 0.717) is 11.4 Å². The molecule has 0 saturated carbocycles. The molecule has 1 N–H and O–H groups in total. The Hall–Kier alpha value is -2.38. The van der Waals surface area contributed by atoms with Gasteiger partial charge in [0.05, 0.1) is 17.9 Å². The van der Waals surface area contributed by atoms with Crippen LogP contribution in [0.1, 0.15) is 11.1 Å². The molecule has 0 amide bonds. The molecule has 0 atom stereocenters. The molecule has 0 aliphatic rings. The van der Waals surface area contributed by atoms with Gasteiger partial charge < -0.3 is 10.0 Å². The molecular weight excluding hydrogens is 226 g/mol. The van der Waals surface area contributed by atoms with Gasteiger partial charge in [-0.1, -0.05) is 18.2 Å². The quantitative estimate of drug-likeness (QED) is 0.892. The summed E-state index contributed by atoms with van der Waals surface area (Å²) in [4.78, 5) is 6.07. The van der Waals surface area contributed by atoms with Gasteiger partial charge in [0.15, 0.2) is 0 Å². The minimum Gasteiger partial charge on any atom is -0.392 e. The van der Waals surface area contributed by atoms with E-state index < -0.39 is 0 Å². The second-order valence-corrected chi connectivity index (χ2v) is 3.83. The predicted octanol–water partition coefficient (Wildman–Crippen LogP) is 2.21. The number of aromatic nitrogens is 1. The van der Waals surface area contributed by atoms with E-state index in [1.165, 1.54) is 0 Å². The van der Waals surface area contributed by atoms with E-state index in [9.17, 15) is 5.11 Å². The molecule has 0 radical (unpaired) electrons. The van der Waals surface area contributed by atoms with Crippen LogP contribution in [0.5, 0.6) is 0 Å². The van der Waals surface area contributed by atoms with Gasteiger partial charge in [0.2, 0.25) is 0 Å². The Balaban J connectivity index is 2.48. The summed E-state index contributed by atoms with van der Waals surface area (Å²) in [6, 6.07) is 13.0. The van der Waals surface area contributed by atoms with Gasteiger partial charge in [-0.05, 0) is 18.2 Å². The van der Waals surface area contributed by atoms with Crippen LogP contribution in [0.2, 0.25) is 0 Å². The number of nitriles is 1. The maximum atomic E-state index is 9.31. The first-order chi connectivity index (χ1) is 8.77. The molecule has 4 nitrogen and oxygen atoms in total. The summed E-state index contributed by atoms with van der Waals surface area (Å²) in [6.07, 6.45) is 1.67. The normalized spacial score (nSPS) is 9.83. The van der Waals surface area contributed by atoms with E-state index in [-0.39, 0.29) is 6.61 Å². The highest BCUT2D eigenvalue weighted by Gasteiger charge is 2.12. The van der Waals surface area contributed by atoms with Crippen molar-refractivity contribution < 1.29 is 5.11 Å². The summed E-state index contributed by atoms with van der Waals surface area (Å²) >= 11 is 0. The minimum absolute atomic E-state index is 0.0811. The topological polar surface area (TPSA) is 60.2 Å². The number of hydrogen-bond donors (Lipinski definition) is 1. The van der Waals surface area contributed by atoms with Crippen molar-refractivity contribution in [3.63, 3.8) is 0 Å². The molecule has 0 fully saturated rings. The first kappa shape index (κ1) is 12.1.